The van der Waals surface area contributed by atoms with Crippen molar-refractivity contribution in [2.75, 3.05) is 17.7 Å². The Morgan fingerprint density at radius 1 is 1.03 bits per heavy atom. The molecule has 2 aromatic rings. The molecular weight excluding hydrogens is 400 g/mol. The van der Waals surface area contributed by atoms with E-state index in [1.165, 1.54) is 4.31 Å². The maximum absolute atomic E-state index is 13.2. The van der Waals surface area contributed by atoms with Crippen molar-refractivity contribution in [2.24, 2.45) is 0 Å². The molecule has 0 saturated heterocycles. The molecule has 0 aliphatic rings. The van der Waals surface area contributed by atoms with E-state index in [-0.39, 0.29) is 11.9 Å². The highest BCUT2D eigenvalue weighted by atomic mass is 32.2. The van der Waals surface area contributed by atoms with Gasteiger partial charge in [0.05, 0.1) is 25.1 Å². The fourth-order valence-electron chi connectivity index (χ4n) is 3.66. The van der Waals surface area contributed by atoms with Gasteiger partial charge in [0.2, 0.25) is 15.9 Å². The average molecular weight is 433 g/mol. The first-order valence-electron chi connectivity index (χ1n) is 10.1. The van der Waals surface area contributed by atoms with Crippen LogP contribution in [0.25, 0.3) is 0 Å². The molecule has 6 nitrogen and oxygen atoms in total. The fraction of sp³-hybridized carbons (Fsp3) is 0.435. The zero-order valence-electron chi connectivity index (χ0n) is 18.6. The lowest BCUT2D eigenvalue weighted by Gasteiger charge is -2.32. The Morgan fingerprint density at radius 3 is 2.03 bits per heavy atom. The standard InChI is InChI=1S/C23H32N2O4S/c1-7-21(18-9-11-20(29-5)12-10-18)24-23(26)22(8-2)25(30(6,27)28)19-14-16(3)13-17(4)15-19/h9-15,21-22H,7-8H2,1-6H3,(H,24,26). The molecule has 0 aliphatic carbocycles. The number of hydrogen-bond acceptors (Lipinski definition) is 4. The zero-order chi connectivity index (χ0) is 22.5. The van der Waals surface area contributed by atoms with Crippen molar-refractivity contribution in [2.45, 2.75) is 52.6 Å². The lowest BCUT2D eigenvalue weighted by atomic mass is 10.0. The number of rotatable bonds is 9. The molecule has 0 fully saturated rings. The lowest BCUT2D eigenvalue weighted by Crippen LogP contribution is -2.50. The topological polar surface area (TPSA) is 75.7 Å². The number of benzene rings is 2. The van der Waals surface area contributed by atoms with Gasteiger partial charge in [-0.2, -0.15) is 0 Å². The van der Waals surface area contributed by atoms with Crippen LogP contribution < -0.4 is 14.4 Å². The number of nitrogens with zero attached hydrogens (tertiary/aromatic N) is 1. The van der Waals surface area contributed by atoms with Crippen LogP contribution in [0.4, 0.5) is 5.69 Å². The molecule has 0 heterocycles. The smallest absolute Gasteiger partial charge is 0.244 e. The van der Waals surface area contributed by atoms with Crippen LogP contribution in [0.5, 0.6) is 5.75 Å². The van der Waals surface area contributed by atoms with E-state index in [2.05, 4.69) is 5.32 Å². The van der Waals surface area contributed by atoms with Crippen LogP contribution in [0.3, 0.4) is 0 Å². The molecule has 0 bridgehead atoms. The molecule has 2 aromatic carbocycles. The Kier molecular flexibility index (Phi) is 7.89. The molecule has 7 heteroatoms. The highest BCUT2D eigenvalue weighted by molar-refractivity contribution is 7.92. The summed E-state index contributed by atoms with van der Waals surface area (Å²) in [7, 11) is -2.06. The molecule has 30 heavy (non-hydrogen) atoms. The van der Waals surface area contributed by atoms with E-state index in [0.717, 1.165) is 28.7 Å². The second-order valence-electron chi connectivity index (χ2n) is 7.57. The van der Waals surface area contributed by atoms with Gasteiger partial charge in [-0.25, -0.2) is 8.42 Å². The van der Waals surface area contributed by atoms with Crippen molar-refractivity contribution >= 4 is 21.6 Å². The first-order valence-corrected chi connectivity index (χ1v) is 12.0. The van der Waals surface area contributed by atoms with Gasteiger partial charge in [-0.3, -0.25) is 9.10 Å². The van der Waals surface area contributed by atoms with Gasteiger partial charge in [-0.1, -0.05) is 32.0 Å². The van der Waals surface area contributed by atoms with E-state index in [4.69, 9.17) is 4.74 Å². The Balaban J connectivity index is 2.36. The minimum atomic E-state index is -3.67. The highest BCUT2D eigenvalue weighted by Crippen LogP contribution is 2.26. The maximum Gasteiger partial charge on any atom is 0.244 e. The quantitative estimate of drug-likeness (QED) is 0.647. The van der Waals surface area contributed by atoms with Gasteiger partial charge in [0.25, 0.3) is 0 Å². The summed E-state index contributed by atoms with van der Waals surface area (Å²) in [6.07, 6.45) is 2.17. The van der Waals surface area contributed by atoms with Crippen LogP contribution in [0.2, 0.25) is 0 Å². The Bertz CT molecular complexity index is 951. The second kappa shape index (κ2) is 9.98. The molecule has 2 unspecified atom stereocenters. The summed E-state index contributed by atoms with van der Waals surface area (Å²) in [6.45, 7) is 7.62. The first-order chi connectivity index (χ1) is 14.1. The summed E-state index contributed by atoms with van der Waals surface area (Å²) in [5.41, 5.74) is 3.34. The minimum Gasteiger partial charge on any atom is -0.497 e. The number of carbonyl (C=O) groups excluding carboxylic acids is 1. The van der Waals surface area contributed by atoms with Crippen LogP contribution in [0.15, 0.2) is 42.5 Å². The van der Waals surface area contributed by atoms with Crippen LogP contribution in [0.1, 0.15) is 49.4 Å². The SMILES string of the molecule is CCC(NC(=O)C(CC)N(c1cc(C)cc(C)c1)S(C)(=O)=O)c1ccc(OC)cc1. The van der Waals surface area contributed by atoms with E-state index < -0.39 is 16.1 Å². The number of aryl methyl sites for hydroxylation is 2. The van der Waals surface area contributed by atoms with Crippen molar-refractivity contribution in [1.29, 1.82) is 0 Å². The van der Waals surface area contributed by atoms with E-state index in [0.29, 0.717) is 18.5 Å². The molecule has 0 radical (unpaired) electrons. The largest absolute Gasteiger partial charge is 0.497 e. The number of nitrogens with one attached hydrogen (secondary N) is 1. The van der Waals surface area contributed by atoms with E-state index in [1.807, 2.05) is 58.0 Å². The number of ether oxygens (including phenoxy) is 1. The van der Waals surface area contributed by atoms with E-state index in [1.54, 1.807) is 19.2 Å². The second-order valence-corrected chi connectivity index (χ2v) is 9.43. The summed E-state index contributed by atoms with van der Waals surface area (Å²) in [5.74, 6) is 0.425. The zero-order valence-corrected chi connectivity index (χ0v) is 19.4. The van der Waals surface area contributed by atoms with Gasteiger partial charge in [-0.15, -0.1) is 0 Å². The van der Waals surface area contributed by atoms with Crippen molar-refractivity contribution in [3.05, 3.63) is 59.2 Å². The number of carbonyl (C=O) groups is 1. The van der Waals surface area contributed by atoms with Crippen molar-refractivity contribution in [3.63, 3.8) is 0 Å². The van der Waals surface area contributed by atoms with Gasteiger partial charge in [0, 0.05) is 0 Å². The number of amides is 1. The van der Waals surface area contributed by atoms with Crippen molar-refractivity contribution in [1.82, 2.24) is 5.32 Å². The fourth-order valence-corrected chi connectivity index (χ4v) is 4.86. The third-order valence-corrected chi connectivity index (χ3v) is 6.21. The van der Waals surface area contributed by atoms with Crippen molar-refractivity contribution in [3.8, 4) is 5.75 Å². The molecule has 2 atom stereocenters. The molecule has 1 N–H and O–H groups in total. The maximum atomic E-state index is 13.2. The summed E-state index contributed by atoms with van der Waals surface area (Å²) < 4.78 is 31.8. The summed E-state index contributed by atoms with van der Waals surface area (Å²) in [5, 5.41) is 3.04. The average Bonchev–Trinajstić information content (AvgIpc) is 2.68. The Hall–Kier alpha value is -2.54. The molecule has 1 amide bonds. The molecular formula is C23H32N2O4S. The van der Waals surface area contributed by atoms with Crippen LogP contribution >= 0.6 is 0 Å². The minimum absolute atomic E-state index is 0.224. The van der Waals surface area contributed by atoms with Gasteiger partial charge in [0.1, 0.15) is 11.8 Å². The number of hydrogen-bond donors (Lipinski definition) is 1. The predicted octanol–water partition coefficient (Wildman–Crippen LogP) is 4.12. The van der Waals surface area contributed by atoms with Crippen LogP contribution in [-0.2, 0) is 14.8 Å². The number of sulfonamides is 1. The Morgan fingerprint density at radius 2 is 1.60 bits per heavy atom. The Labute approximate surface area is 180 Å². The lowest BCUT2D eigenvalue weighted by molar-refractivity contribution is -0.123. The summed E-state index contributed by atoms with van der Waals surface area (Å²) in [4.78, 5) is 13.2. The summed E-state index contributed by atoms with van der Waals surface area (Å²) >= 11 is 0. The van der Waals surface area contributed by atoms with Crippen LogP contribution in [0, 0.1) is 13.8 Å². The van der Waals surface area contributed by atoms with Gasteiger partial charge < -0.3 is 10.1 Å². The molecule has 0 aliphatic heterocycles. The normalized spacial score (nSPS) is 13.4. The molecule has 0 saturated carbocycles. The molecule has 0 aromatic heterocycles. The van der Waals surface area contributed by atoms with Gasteiger partial charge in [0.15, 0.2) is 0 Å². The number of anilines is 1. The number of methoxy groups -OCH3 is 1. The van der Waals surface area contributed by atoms with E-state index >= 15 is 0 Å². The third-order valence-electron chi connectivity index (χ3n) is 5.03. The highest BCUT2D eigenvalue weighted by Gasteiger charge is 2.32. The third kappa shape index (κ3) is 5.75. The first kappa shape index (κ1) is 23.7. The van der Waals surface area contributed by atoms with Crippen LogP contribution in [-0.4, -0.2) is 33.7 Å². The van der Waals surface area contributed by atoms with Gasteiger partial charge in [-0.05, 0) is 67.6 Å². The molecule has 2 rings (SSSR count). The van der Waals surface area contributed by atoms with E-state index in [9.17, 15) is 13.2 Å². The van der Waals surface area contributed by atoms with Crippen molar-refractivity contribution < 1.29 is 17.9 Å². The van der Waals surface area contributed by atoms with Gasteiger partial charge >= 0.3 is 0 Å². The predicted molar refractivity (Wildman–Crippen MR) is 121 cm³/mol. The molecule has 164 valence electrons. The monoisotopic (exact) mass is 432 g/mol. The molecule has 0 spiro atoms. The summed E-state index contributed by atoms with van der Waals surface area (Å²) in [6, 6.07) is 12.0.